The molecule has 0 aliphatic carbocycles. The number of hydrogen-bond donors (Lipinski definition) is 0. The van der Waals surface area contributed by atoms with Gasteiger partial charge in [0.05, 0.1) is 0 Å². The number of hydrogen-bond acceptors (Lipinski definition) is 6. The fourth-order valence-electron chi connectivity index (χ4n) is 8.89. The molecular formula is C75H122O6. The van der Waals surface area contributed by atoms with Crippen LogP contribution in [-0.4, -0.2) is 37.2 Å². The smallest absolute Gasteiger partial charge is 0.306 e. The van der Waals surface area contributed by atoms with Crippen LogP contribution in [0.15, 0.2) is 146 Å². The Morgan fingerprint density at radius 1 is 0.259 bits per heavy atom. The molecule has 0 aliphatic rings. The second-order valence-corrected chi connectivity index (χ2v) is 21.6. The van der Waals surface area contributed by atoms with E-state index in [9.17, 15) is 14.4 Å². The Morgan fingerprint density at radius 3 is 0.790 bits per heavy atom. The molecule has 81 heavy (non-hydrogen) atoms. The van der Waals surface area contributed by atoms with Crippen LogP contribution in [0.2, 0.25) is 0 Å². The Kier molecular flexibility index (Phi) is 63.9. The third-order valence-electron chi connectivity index (χ3n) is 13.8. The van der Waals surface area contributed by atoms with Gasteiger partial charge in [-0.2, -0.15) is 0 Å². The number of ether oxygens (including phenoxy) is 3. The van der Waals surface area contributed by atoms with Gasteiger partial charge >= 0.3 is 17.9 Å². The summed E-state index contributed by atoms with van der Waals surface area (Å²) < 4.78 is 16.9. The van der Waals surface area contributed by atoms with Gasteiger partial charge in [0, 0.05) is 19.3 Å². The van der Waals surface area contributed by atoms with Gasteiger partial charge in [0.2, 0.25) is 0 Å². The third kappa shape index (κ3) is 66.0. The molecule has 0 amide bonds. The Labute approximate surface area is 499 Å². The Morgan fingerprint density at radius 2 is 0.494 bits per heavy atom. The number of carbonyl (C=O) groups is 3. The first-order chi connectivity index (χ1) is 40.0. The second kappa shape index (κ2) is 67.8. The lowest BCUT2D eigenvalue weighted by molar-refractivity contribution is -0.167. The molecule has 0 fully saturated rings. The molecule has 458 valence electrons. The van der Waals surface area contributed by atoms with Crippen molar-refractivity contribution in [3.63, 3.8) is 0 Å². The van der Waals surface area contributed by atoms with E-state index in [4.69, 9.17) is 14.2 Å². The van der Waals surface area contributed by atoms with E-state index in [0.717, 1.165) is 128 Å². The molecule has 1 unspecified atom stereocenters. The minimum absolute atomic E-state index is 0.113. The summed E-state index contributed by atoms with van der Waals surface area (Å²) in [7, 11) is 0. The molecular weight excluding hydrogens is 997 g/mol. The van der Waals surface area contributed by atoms with Crippen LogP contribution >= 0.6 is 0 Å². The zero-order valence-electron chi connectivity index (χ0n) is 52.5. The normalized spacial score (nSPS) is 13.1. The summed E-state index contributed by atoms with van der Waals surface area (Å²) >= 11 is 0. The van der Waals surface area contributed by atoms with Gasteiger partial charge in [-0.25, -0.2) is 0 Å². The zero-order chi connectivity index (χ0) is 58.5. The number of rotatable bonds is 59. The molecule has 0 saturated heterocycles. The molecule has 0 radical (unpaired) electrons. The van der Waals surface area contributed by atoms with Gasteiger partial charge in [-0.3, -0.25) is 14.4 Å². The lowest BCUT2D eigenvalue weighted by Gasteiger charge is -2.18. The average molecular weight is 1120 g/mol. The first kappa shape index (κ1) is 76.3. The third-order valence-corrected chi connectivity index (χ3v) is 13.8. The average Bonchev–Trinajstić information content (AvgIpc) is 3.47. The van der Waals surface area contributed by atoms with E-state index < -0.39 is 6.10 Å². The molecule has 0 aromatic rings. The summed E-state index contributed by atoms with van der Waals surface area (Å²) in [5, 5.41) is 0. The fraction of sp³-hybridized carbons (Fsp3) is 0.640. The lowest BCUT2D eigenvalue weighted by Crippen LogP contribution is -2.30. The molecule has 0 heterocycles. The SMILES string of the molecule is CC/C=C\C/C=C\C/C=C\C/C=C\C/C=C\CCCC(=O)OC(COC(=O)CCCCCC/C=C\C/C=C\C/C=C\C/C=C\CC)COC(=O)CCCCCCCCCCCCCCCC/C=C\C/C=C\C/C=C\CCCCCCC. The van der Waals surface area contributed by atoms with Crippen molar-refractivity contribution in [2.75, 3.05) is 13.2 Å². The van der Waals surface area contributed by atoms with Crippen molar-refractivity contribution in [3.05, 3.63) is 146 Å². The van der Waals surface area contributed by atoms with Crippen molar-refractivity contribution < 1.29 is 28.6 Å². The predicted molar refractivity (Wildman–Crippen MR) is 352 cm³/mol. The van der Waals surface area contributed by atoms with Crippen molar-refractivity contribution in [1.29, 1.82) is 0 Å². The minimum atomic E-state index is -0.826. The van der Waals surface area contributed by atoms with Crippen LogP contribution in [0.25, 0.3) is 0 Å². The molecule has 0 aliphatic heterocycles. The minimum Gasteiger partial charge on any atom is -0.462 e. The largest absolute Gasteiger partial charge is 0.462 e. The molecule has 1 atom stereocenters. The highest BCUT2D eigenvalue weighted by molar-refractivity contribution is 5.71. The number of esters is 3. The number of allylic oxidation sites excluding steroid dienone is 24. The van der Waals surface area contributed by atoms with Gasteiger partial charge in [0.1, 0.15) is 13.2 Å². The Bertz CT molecular complexity index is 1760. The molecule has 0 N–H and O–H groups in total. The van der Waals surface area contributed by atoms with Crippen LogP contribution < -0.4 is 0 Å². The monoisotopic (exact) mass is 1120 g/mol. The van der Waals surface area contributed by atoms with Crippen molar-refractivity contribution in [1.82, 2.24) is 0 Å². The molecule has 0 aromatic carbocycles. The zero-order valence-corrected chi connectivity index (χ0v) is 52.5. The first-order valence-electron chi connectivity index (χ1n) is 33.3. The lowest BCUT2D eigenvalue weighted by atomic mass is 10.0. The van der Waals surface area contributed by atoms with E-state index in [1.807, 2.05) is 0 Å². The first-order valence-corrected chi connectivity index (χ1v) is 33.3. The van der Waals surface area contributed by atoms with E-state index in [0.29, 0.717) is 19.3 Å². The number of unbranched alkanes of at least 4 members (excludes halogenated alkanes) is 24. The fourth-order valence-corrected chi connectivity index (χ4v) is 8.89. The summed E-state index contributed by atoms with van der Waals surface area (Å²) in [5.74, 6) is -0.996. The molecule has 6 heteroatoms. The van der Waals surface area contributed by atoms with Crippen LogP contribution in [0, 0.1) is 0 Å². The number of carbonyl (C=O) groups excluding carboxylic acids is 3. The van der Waals surface area contributed by atoms with E-state index in [1.165, 1.54) is 116 Å². The van der Waals surface area contributed by atoms with Crippen LogP contribution in [0.3, 0.4) is 0 Å². The van der Waals surface area contributed by atoms with Gasteiger partial charge in [0.25, 0.3) is 0 Å². The molecule has 0 spiro atoms. The second-order valence-electron chi connectivity index (χ2n) is 21.6. The van der Waals surface area contributed by atoms with Crippen molar-refractivity contribution in [2.24, 2.45) is 0 Å². The molecule has 0 aromatic heterocycles. The van der Waals surface area contributed by atoms with E-state index in [-0.39, 0.29) is 37.5 Å². The summed E-state index contributed by atoms with van der Waals surface area (Å²) in [5.41, 5.74) is 0. The standard InChI is InChI=1S/C75H122O6/c1-4-7-10-13-16-19-22-25-28-31-32-33-34-35-36-37-38-39-40-41-42-45-47-50-53-56-59-62-65-68-74(77)80-71-72(81-75(78)69-66-63-60-57-54-51-48-44-30-27-24-21-18-15-12-9-6-3)70-79-73(76)67-64-61-58-55-52-49-46-43-29-26-23-20-17-14-11-8-5-2/h8-9,11-12,17-18,20-22,25-27,29-32,34-35,46,48-49,51,57,60,72H,4-7,10,13-16,19,23-24,28,33,36-45,47,50,52-56,58-59,61-71H2,1-3H3/b11-8-,12-9-,20-17-,21-18-,25-22-,29-26-,30-27-,32-31-,35-34-,49-46-,51-48-,60-57-. The predicted octanol–water partition coefficient (Wildman–Crippen LogP) is 23.1. The topological polar surface area (TPSA) is 78.9 Å². The highest BCUT2D eigenvalue weighted by Gasteiger charge is 2.19. The van der Waals surface area contributed by atoms with Gasteiger partial charge in [-0.05, 0) is 135 Å². The molecule has 0 saturated carbocycles. The highest BCUT2D eigenvalue weighted by Crippen LogP contribution is 2.16. The maximum atomic E-state index is 12.9. The summed E-state index contributed by atoms with van der Waals surface area (Å²) in [6.07, 6.45) is 97.3. The van der Waals surface area contributed by atoms with E-state index >= 15 is 0 Å². The Balaban J connectivity index is 4.39. The summed E-state index contributed by atoms with van der Waals surface area (Å²) in [6, 6.07) is 0. The summed E-state index contributed by atoms with van der Waals surface area (Å²) in [4.78, 5) is 38.3. The molecule has 6 nitrogen and oxygen atoms in total. The maximum absolute atomic E-state index is 12.9. The molecule has 0 bridgehead atoms. The van der Waals surface area contributed by atoms with Crippen LogP contribution in [0.5, 0.6) is 0 Å². The molecule has 0 rings (SSSR count). The summed E-state index contributed by atoms with van der Waals surface area (Å²) in [6.45, 7) is 6.34. The van der Waals surface area contributed by atoms with Crippen LogP contribution in [-0.2, 0) is 28.6 Å². The van der Waals surface area contributed by atoms with Crippen molar-refractivity contribution >= 4 is 17.9 Å². The van der Waals surface area contributed by atoms with Gasteiger partial charge in [0.15, 0.2) is 6.10 Å². The van der Waals surface area contributed by atoms with Gasteiger partial charge in [-0.1, -0.05) is 282 Å². The van der Waals surface area contributed by atoms with Crippen LogP contribution in [0.4, 0.5) is 0 Å². The van der Waals surface area contributed by atoms with Crippen molar-refractivity contribution in [3.8, 4) is 0 Å². The quantitative estimate of drug-likeness (QED) is 0.0261. The Hall–Kier alpha value is -4.71. The van der Waals surface area contributed by atoms with Gasteiger partial charge in [-0.15, -0.1) is 0 Å². The highest BCUT2D eigenvalue weighted by atomic mass is 16.6. The van der Waals surface area contributed by atoms with E-state index in [1.54, 1.807) is 0 Å². The van der Waals surface area contributed by atoms with E-state index in [2.05, 4.69) is 167 Å². The maximum Gasteiger partial charge on any atom is 0.306 e. The van der Waals surface area contributed by atoms with Gasteiger partial charge < -0.3 is 14.2 Å². The van der Waals surface area contributed by atoms with Crippen LogP contribution in [0.1, 0.15) is 290 Å². The van der Waals surface area contributed by atoms with Crippen molar-refractivity contribution in [2.45, 2.75) is 297 Å².